The number of carboxylic acids is 1. The molecule has 2 saturated carbocycles. The third kappa shape index (κ3) is 5.19. The fraction of sp³-hybridized carbons (Fsp3) is 0.464. The summed E-state index contributed by atoms with van der Waals surface area (Å²) < 4.78 is 5.61. The molecule has 7 nitrogen and oxygen atoms in total. The van der Waals surface area contributed by atoms with E-state index in [1.165, 1.54) is 22.3 Å². The summed E-state index contributed by atoms with van der Waals surface area (Å²) in [7, 11) is 0. The molecule has 2 amide bonds. The van der Waals surface area contributed by atoms with Gasteiger partial charge in [-0.2, -0.15) is 0 Å². The highest BCUT2D eigenvalue weighted by Crippen LogP contribution is 2.44. The van der Waals surface area contributed by atoms with Crippen LogP contribution in [-0.4, -0.2) is 41.8 Å². The number of ether oxygens (including phenoxy) is 1. The molecule has 2 fully saturated rings. The molecule has 0 aromatic heterocycles. The molecule has 3 aliphatic rings. The van der Waals surface area contributed by atoms with Crippen molar-refractivity contribution in [1.82, 2.24) is 10.6 Å². The van der Waals surface area contributed by atoms with Crippen LogP contribution in [0.25, 0.3) is 11.1 Å². The second kappa shape index (κ2) is 10.1. The summed E-state index contributed by atoms with van der Waals surface area (Å²) in [6.45, 7) is 0.289. The highest BCUT2D eigenvalue weighted by atomic mass is 16.5. The van der Waals surface area contributed by atoms with E-state index in [0.29, 0.717) is 19.3 Å². The largest absolute Gasteiger partial charge is 0.481 e. The lowest BCUT2D eigenvalue weighted by molar-refractivity contribution is -0.143. The number of aliphatic carboxylic acids is 1. The fourth-order valence-corrected chi connectivity index (χ4v) is 5.92. The Balaban J connectivity index is 1.04. The highest BCUT2D eigenvalue weighted by Gasteiger charge is 2.34. The highest BCUT2D eigenvalue weighted by molar-refractivity contribution is 5.79. The maximum Gasteiger partial charge on any atom is 0.407 e. The maximum atomic E-state index is 12.4. The minimum Gasteiger partial charge on any atom is -0.481 e. The molecule has 7 heteroatoms. The second-order valence-electron chi connectivity index (χ2n) is 10.2. The fourth-order valence-electron chi connectivity index (χ4n) is 5.92. The molecule has 0 unspecified atom stereocenters. The Morgan fingerprint density at radius 1 is 0.857 bits per heavy atom. The smallest absolute Gasteiger partial charge is 0.407 e. The lowest BCUT2D eigenvalue weighted by Crippen LogP contribution is -2.47. The van der Waals surface area contributed by atoms with Crippen molar-refractivity contribution >= 4 is 18.0 Å². The molecule has 184 valence electrons. The van der Waals surface area contributed by atoms with Gasteiger partial charge in [-0.05, 0) is 60.3 Å². The van der Waals surface area contributed by atoms with Crippen molar-refractivity contribution in [3.8, 4) is 11.1 Å². The normalized spacial score (nSPS) is 25.0. The van der Waals surface area contributed by atoms with E-state index in [1.807, 2.05) is 24.3 Å². The Hall–Kier alpha value is -3.35. The van der Waals surface area contributed by atoms with E-state index < -0.39 is 12.1 Å². The van der Waals surface area contributed by atoms with E-state index in [1.54, 1.807) is 0 Å². The number of rotatable bonds is 7. The Morgan fingerprint density at radius 3 is 2.17 bits per heavy atom. The maximum absolute atomic E-state index is 12.4. The third-order valence-corrected chi connectivity index (χ3v) is 7.76. The summed E-state index contributed by atoms with van der Waals surface area (Å²) >= 11 is 0. The van der Waals surface area contributed by atoms with Crippen LogP contribution in [-0.2, 0) is 14.3 Å². The first-order valence-electron chi connectivity index (χ1n) is 12.6. The zero-order valence-electron chi connectivity index (χ0n) is 19.7. The van der Waals surface area contributed by atoms with Crippen molar-refractivity contribution in [1.29, 1.82) is 0 Å². The van der Waals surface area contributed by atoms with Crippen molar-refractivity contribution in [2.75, 3.05) is 6.61 Å². The van der Waals surface area contributed by atoms with Crippen molar-refractivity contribution in [3.63, 3.8) is 0 Å². The van der Waals surface area contributed by atoms with Crippen LogP contribution in [0.3, 0.4) is 0 Å². The summed E-state index contributed by atoms with van der Waals surface area (Å²) in [6, 6.07) is 16.5. The summed E-state index contributed by atoms with van der Waals surface area (Å²) in [5.74, 6) is -0.890. The van der Waals surface area contributed by atoms with Gasteiger partial charge in [-0.1, -0.05) is 55.0 Å². The minimum absolute atomic E-state index is 0.0226. The second-order valence-corrected chi connectivity index (χ2v) is 10.2. The molecule has 2 aromatic rings. The Morgan fingerprint density at radius 2 is 1.51 bits per heavy atom. The van der Waals surface area contributed by atoms with Crippen LogP contribution < -0.4 is 10.6 Å². The van der Waals surface area contributed by atoms with E-state index in [0.717, 1.165) is 25.7 Å². The Bertz CT molecular complexity index is 1060. The molecule has 0 radical (unpaired) electrons. The zero-order valence-corrected chi connectivity index (χ0v) is 19.7. The number of nitrogens with one attached hydrogen (secondary N) is 2. The van der Waals surface area contributed by atoms with Gasteiger partial charge < -0.3 is 20.5 Å². The monoisotopic (exact) mass is 476 g/mol. The van der Waals surface area contributed by atoms with E-state index in [2.05, 4.69) is 34.9 Å². The van der Waals surface area contributed by atoms with Gasteiger partial charge in [-0.25, -0.2) is 4.79 Å². The molecule has 3 N–H and O–H groups in total. The molecule has 0 spiro atoms. The SMILES string of the molecule is O=C(CC1CC(NC(=O)OCC2c3ccccc3-c3ccccc32)C1)N[C@H]1CCC[C@@H](C(=O)O)C1. The van der Waals surface area contributed by atoms with E-state index in [9.17, 15) is 19.5 Å². The number of amides is 2. The average molecular weight is 477 g/mol. The number of hydrogen-bond acceptors (Lipinski definition) is 4. The topological polar surface area (TPSA) is 105 Å². The van der Waals surface area contributed by atoms with Crippen LogP contribution in [0, 0.1) is 11.8 Å². The number of alkyl carbamates (subject to hydrolysis) is 1. The van der Waals surface area contributed by atoms with Crippen LogP contribution >= 0.6 is 0 Å². The molecule has 0 saturated heterocycles. The Labute approximate surface area is 205 Å². The first-order valence-corrected chi connectivity index (χ1v) is 12.6. The predicted octanol–water partition coefficient (Wildman–Crippen LogP) is 4.45. The first-order chi connectivity index (χ1) is 17.0. The van der Waals surface area contributed by atoms with Gasteiger partial charge in [-0.3, -0.25) is 9.59 Å². The van der Waals surface area contributed by atoms with Crippen LogP contribution in [0.4, 0.5) is 4.79 Å². The number of hydrogen-bond donors (Lipinski definition) is 3. The van der Waals surface area contributed by atoms with Gasteiger partial charge in [0, 0.05) is 24.4 Å². The quantitative estimate of drug-likeness (QED) is 0.548. The molecule has 0 aliphatic heterocycles. The molecule has 0 bridgehead atoms. The van der Waals surface area contributed by atoms with Crippen molar-refractivity contribution in [3.05, 3.63) is 59.7 Å². The molecular formula is C28H32N2O5. The number of carbonyl (C=O) groups excluding carboxylic acids is 2. The van der Waals surface area contributed by atoms with Crippen molar-refractivity contribution in [2.45, 2.75) is 62.9 Å². The van der Waals surface area contributed by atoms with Crippen LogP contribution in [0.2, 0.25) is 0 Å². The van der Waals surface area contributed by atoms with E-state index >= 15 is 0 Å². The van der Waals surface area contributed by atoms with Crippen molar-refractivity contribution in [2.24, 2.45) is 11.8 Å². The van der Waals surface area contributed by atoms with Gasteiger partial charge >= 0.3 is 12.1 Å². The number of carbonyl (C=O) groups is 3. The Kier molecular flexibility index (Phi) is 6.75. The first kappa shape index (κ1) is 23.4. The predicted molar refractivity (Wildman–Crippen MR) is 131 cm³/mol. The standard InChI is InChI=1S/C28H32N2O5/c31-26(29-19-7-5-6-18(15-19)27(32)33)14-17-12-20(13-17)30-28(34)35-16-25-23-10-3-1-8-21(23)22-9-2-4-11-24(22)25/h1-4,8-11,17-20,25H,5-7,12-16H2,(H,29,31)(H,30,34)(H,32,33)/t17?,18-,19+,20?/m1/s1. The lowest BCUT2D eigenvalue weighted by atomic mass is 9.78. The van der Waals surface area contributed by atoms with Gasteiger partial charge in [0.25, 0.3) is 0 Å². The number of carboxylic acid groups (broad SMARTS) is 1. The zero-order chi connectivity index (χ0) is 24.4. The van der Waals surface area contributed by atoms with Gasteiger partial charge in [0.1, 0.15) is 6.61 Å². The number of fused-ring (bicyclic) bond motifs is 3. The lowest BCUT2D eigenvalue weighted by Gasteiger charge is -2.36. The summed E-state index contributed by atoms with van der Waals surface area (Å²) in [5.41, 5.74) is 4.76. The summed E-state index contributed by atoms with van der Waals surface area (Å²) in [4.78, 5) is 36.1. The van der Waals surface area contributed by atoms with Gasteiger partial charge in [0.15, 0.2) is 0 Å². The molecule has 0 heterocycles. The summed E-state index contributed by atoms with van der Waals surface area (Å²) in [5, 5.41) is 15.2. The molecular weight excluding hydrogens is 444 g/mol. The van der Waals surface area contributed by atoms with Gasteiger partial charge in [-0.15, -0.1) is 0 Å². The van der Waals surface area contributed by atoms with Crippen LogP contribution in [0.15, 0.2) is 48.5 Å². The van der Waals surface area contributed by atoms with E-state index in [-0.39, 0.29) is 42.4 Å². The number of benzene rings is 2. The molecule has 2 aromatic carbocycles. The van der Waals surface area contributed by atoms with Crippen molar-refractivity contribution < 1.29 is 24.2 Å². The van der Waals surface area contributed by atoms with Crippen LogP contribution in [0.5, 0.6) is 0 Å². The average Bonchev–Trinajstić information content (AvgIpc) is 3.15. The van der Waals surface area contributed by atoms with Gasteiger partial charge in [0.05, 0.1) is 5.92 Å². The van der Waals surface area contributed by atoms with Crippen LogP contribution in [0.1, 0.15) is 62.0 Å². The molecule has 35 heavy (non-hydrogen) atoms. The van der Waals surface area contributed by atoms with E-state index in [4.69, 9.17) is 4.74 Å². The molecule has 5 rings (SSSR count). The van der Waals surface area contributed by atoms with Gasteiger partial charge in [0.2, 0.25) is 5.91 Å². The third-order valence-electron chi connectivity index (χ3n) is 7.76. The molecule has 2 atom stereocenters. The molecule has 3 aliphatic carbocycles. The minimum atomic E-state index is -0.773. The summed E-state index contributed by atoms with van der Waals surface area (Å²) in [6.07, 6.45) is 4.37.